The molecule has 4 rings (SSSR count). The van der Waals surface area contributed by atoms with E-state index < -0.39 is 11.7 Å². The van der Waals surface area contributed by atoms with Crippen molar-refractivity contribution in [2.75, 3.05) is 10.6 Å². The highest BCUT2D eigenvalue weighted by molar-refractivity contribution is 7.13. The summed E-state index contributed by atoms with van der Waals surface area (Å²) in [6, 6.07) is 6.77. The van der Waals surface area contributed by atoms with Crippen LogP contribution in [-0.2, 0) is 0 Å². The SMILES string of the molecule is [B]c1ccc(Nc2c(C(=O)Nc3nccs3)cc3[nH]cnc3c2F)c(C)c1. The Morgan fingerprint density at radius 1 is 1.30 bits per heavy atom. The van der Waals surface area contributed by atoms with Crippen LogP contribution in [0.5, 0.6) is 0 Å². The minimum Gasteiger partial charge on any atom is -0.352 e. The van der Waals surface area contributed by atoms with Gasteiger partial charge >= 0.3 is 0 Å². The number of carbonyl (C=O) groups excluding carboxylic acids is 1. The zero-order valence-electron chi connectivity index (χ0n) is 14.2. The van der Waals surface area contributed by atoms with Crippen LogP contribution in [0.1, 0.15) is 15.9 Å². The summed E-state index contributed by atoms with van der Waals surface area (Å²) in [6.45, 7) is 1.85. The second-order valence-corrected chi connectivity index (χ2v) is 6.80. The fourth-order valence-electron chi connectivity index (χ4n) is 2.76. The fourth-order valence-corrected chi connectivity index (χ4v) is 3.28. The number of H-pyrrole nitrogens is 1. The number of hydrogen-bond acceptors (Lipinski definition) is 5. The lowest BCUT2D eigenvalue weighted by atomic mass is 9.94. The van der Waals surface area contributed by atoms with E-state index in [1.54, 1.807) is 35.8 Å². The monoisotopic (exact) mass is 377 g/mol. The van der Waals surface area contributed by atoms with E-state index in [2.05, 4.69) is 25.6 Å². The highest BCUT2D eigenvalue weighted by Crippen LogP contribution is 2.31. The molecule has 6 nitrogen and oxygen atoms in total. The lowest BCUT2D eigenvalue weighted by molar-refractivity contribution is 0.102. The lowest BCUT2D eigenvalue weighted by Gasteiger charge is -2.15. The number of aromatic nitrogens is 3. The van der Waals surface area contributed by atoms with E-state index >= 15 is 4.39 Å². The summed E-state index contributed by atoms with van der Waals surface area (Å²) in [7, 11) is 5.78. The standard InChI is InChI=1S/C18H13BFN5OS/c1-9-6-10(19)2-3-12(9)24-15-11(17(26)25-18-21-4-5-27-18)7-13-16(14(15)20)23-8-22-13/h2-8,24H,1H3,(H,22,23)(H,21,25,26). The molecule has 132 valence electrons. The molecule has 0 saturated heterocycles. The van der Waals surface area contributed by atoms with E-state index in [1.807, 2.05) is 6.92 Å². The van der Waals surface area contributed by atoms with Gasteiger partial charge in [0, 0.05) is 17.3 Å². The molecule has 0 saturated carbocycles. The predicted octanol–water partition coefficient (Wildman–Crippen LogP) is 3.26. The minimum absolute atomic E-state index is 0.0385. The number of halogens is 1. The van der Waals surface area contributed by atoms with E-state index in [0.29, 0.717) is 21.8 Å². The van der Waals surface area contributed by atoms with Gasteiger partial charge in [-0.1, -0.05) is 17.6 Å². The van der Waals surface area contributed by atoms with Gasteiger partial charge in [-0.05, 0) is 24.6 Å². The molecule has 0 spiro atoms. The third kappa shape index (κ3) is 3.29. The van der Waals surface area contributed by atoms with Gasteiger partial charge in [0.15, 0.2) is 10.9 Å². The van der Waals surface area contributed by atoms with Gasteiger partial charge in [-0.3, -0.25) is 10.1 Å². The van der Waals surface area contributed by atoms with Crippen molar-refractivity contribution in [3.63, 3.8) is 0 Å². The molecule has 27 heavy (non-hydrogen) atoms. The van der Waals surface area contributed by atoms with Crippen LogP contribution >= 0.6 is 11.3 Å². The number of aromatic amines is 1. The number of amides is 1. The van der Waals surface area contributed by atoms with Gasteiger partial charge in [-0.25, -0.2) is 14.4 Å². The van der Waals surface area contributed by atoms with Gasteiger partial charge in [0.05, 0.1) is 23.1 Å². The number of aryl methyl sites for hydroxylation is 1. The minimum atomic E-state index is -0.616. The summed E-state index contributed by atoms with van der Waals surface area (Å²) in [5.74, 6) is -1.09. The molecule has 0 unspecified atom stereocenters. The molecule has 0 aliphatic carbocycles. The summed E-state index contributed by atoms with van der Waals surface area (Å²) in [5.41, 5.74) is 2.81. The van der Waals surface area contributed by atoms with Crippen molar-refractivity contribution in [2.45, 2.75) is 6.92 Å². The van der Waals surface area contributed by atoms with Gasteiger partial charge < -0.3 is 10.3 Å². The summed E-state index contributed by atoms with van der Waals surface area (Å²) < 4.78 is 15.1. The van der Waals surface area contributed by atoms with E-state index in [4.69, 9.17) is 7.85 Å². The number of carbonyl (C=O) groups is 1. The molecule has 4 aromatic rings. The normalized spacial score (nSPS) is 10.9. The second kappa shape index (κ2) is 6.84. The summed E-state index contributed by atoms with van der Waals surface area (Å²) in [5, 5.41) is 7.87. The molecule has 9 heteroatoms. The first-order valence-electron chi connectivity index (χ1n) is 8.02. The Hall–Kier alpha value is -3.20. The van der Waals surface area contributed by atoms with Crippen LogP contribution in [0, 0.1) is 12.7 Å². The lowest BCUT2D eigenvalue weighted by Crippen LogP contribution is -2.15. The average Bonchev–Trinajstić information content (AvgIpc) is 3.30. The van der Waals surface area contributed by atoms with Crippen LogP contribution in [0.4, 0.5) is 20.9 Å². The fraction of sp³-hybridized carbons (Fsp3) is 0.0556. The van der Waals surface area contributed by atoms with Gasteiger partial charge in [0.1, 0.15) is 13.4 Å². The van der Waals surface area contributed by atoms with Crippen LogP contribution in [0.3, 0.4) is 0 Å². The number of benzene rings is 2. The molecule has 3 N–H and O–H groups in total. The van der Waals surface area contributed by atoms with Crippen molar-refractivity contribution in [3.8, 4) is 0 Å². The van der Waals surface area contributed by atoms with Crippen molar-refractivity contribution in [3.05, 3.63) is 59.1 Å². The predicted molar refractivity (Wildman–Crippen MR) is 106 cm³/mol. The number of anilines is 3. The molecule has 0 atom stereocenters. The van der Waals surface area contributed by atoms with Gasteiger partial charge in [0.25, 0.3) is 5.91 Å². The van der Waals surface area contributed by atoms with Crippen molar-refractivity contribution in [1.82, 2.24) is 15.0 Å². The molecule has 0 aliphatic rings. The first kappa shape index (κ1) is 17.2. The molecule has 0 aliphatic heterocycles. The first-order chi connectivity index (χ1) is 13.0. The molecule has 0 bridgehead atoms. The largest absolute Gasteiger partial charge is 0.352 e. The Bertz CT molecular complexity index is 1140. The number of hydrogen-bond donors (Lipinski definition) is 3. The van der Waals surface area contributed by atoms with E-state index in [-0.39, 0.29) is 16.8 Å². The summed E-state index contributed by atoms with van der Waals surface area (Å²) >= 11 is 1.28. The summed E-state index contributed by atoms with van der Waals surface area (Å²) in [6.07, 6.45) is 2.96. The van der Waals surface area contributed by atoms with Crippen LogP contribution < -0.4 is 16.1 Å². The van der Waals surface area contributed by atoms with Crippen LogP contribution in [0.15, 0.2) is 42.2 Å². The van der Waals surface area contributed by atoms with Crippen molar-refractivity contribution in [1.29, 1.82) is 0 Å². The van der Waals surface area contributed by atoms with Gasteiger partial charge in [-0.15, -0.1) is 11.3 Å². The third-order valence-electron chi connectivity index (χ3n) is 4.06. The number of nitrogens with one attached hydrogen (secondary N) is 3. The molecular formula is C18H13BFN5OS. The van der Waals surface area contributed by atoms with Gasteiger partial charge in [-0.2, -0.15) is 0 Å². The zero-order chi connectivity index (χ0) is 19.0. The van der Waals surface area contributed by atoms with Crippen LogP contribution in [0.25, 0.3) is 11.0 Å². The van der Waals surface area contributed by atoms with Crippen molar-refractivity contribution < 1.29 is 9.18 Å². The van der Waals surface area contributed by atoms with Crippen molar-refractivity contribution >= 4 is 58.1 Å². The molecule has 2 aromatic carbocycles. The first-order valence-corrected chi connectivity index (χ1v) is 8.90. The molecular weight excluding hydrogens is 364 g/mol. The molecule has 2 aromatic heterocycles. The quantitative estimate of drug-likeness (QED) is 0.477. The maximum Gasteiger partial charge on any atom is 0.259 e. The number of imidazole rings is 1. The maximum atomic E-state index is 15.1. The van der Waals surface area contributed by atoms with E-state index in [0.717, 1.165) is 5.56 Å². The highest BCUT2D eigenvalue weighted by Gasteiger charge is 2.21. The highest BCUT2D eigenvalue weighted by atomic mass is 32.1. The Morgan fingerprint density at radius 2 is 2.15 bits per heavy atom. The van der Waals surface area contributed by atoms with Crippen molar-refractivity contribution in [2.24, 2.45) is 0 Å². The maximum absolute atomic E-state index is 15.1. The zero-order valence-corrected chi connectivity index (χ0v) is 15.0. The van der Waals surface area contributed by atoms with E-state index in [1.165, 1.54) is 17.7 Å². The number of thiazole rings is 1. The Balaban J connectivity index is 1.81. The van der Waals surface area contributed by atoms with Crippen LogP contribution in [-0.4, -0.2) is 28.7 Å². The topological polar surface area (TPSA) is 82.7 Å². The number of fused-ring (bicyclic) bond motifs is 1. The third-order valence-corrected chi connectivity index (χ3v) is 4.75. The Labute approximate surface area is 159 Å². The molecule has 0 fully saturated rings. The average molecular weight is 377 g/mol. The van der Waals surface area contributed by atoms with E-state index in [9.17, 15) is 4.79 Å². The number of nitrogens with zero attached hydrogens (tertiary/aromatic N) is 2. The Morgan fingerprint density at radius 3 is 2.89 bits per heavy atom. The molecule has 2 radical (unpaired) electrons. The Kier molecular flexibility index (Phi) is 4.37. The molecule has 1 amide bonds. The smallest absolute Gasteiger partial charge is 0.259 e. The molecule has 2 heterocycles. The number of rotatable bonds is 4. The van der Waals surface area contributed by atoms with Crippen LogP contribution in [0.2, 0.25) is 0 Å². The van der Waals surface area contributed by atoms with Gasteiger partial charge in [0.2, 0.25) is 0 Å². The summed E-state index contributed by atoms with van der Waals surface area (Å²) in [4.78, 5) is 23.6. The second-order valence-electron chi connectivity index (χ2n) is 5.90.